The van der Waals surface area contributed by atoms with Crippen LogP contribution in [0.4, 0.5) is 0 Å². The van der Waals surface area contributed by atoms with Gasteiger partial charge in [0.1, 0.15) is 17.5 Å². The summed E-state index contributed by atoms with van der Waals surface area (Å²) in [4.78, 5) is 12.6. The minimum atomic E-state index is -0.0781. The van der Waals surface area contributed by atoms with Crippen molar-refractivity contribution in [3.63, 3.8) is 0 Å². The Balaban J connectivity index is 1.71. The van der Waals surface area contributed by atoms with E-state index in [9.17, 15) is 4.79 Å². The highest BCUT2D eigenvalue weighted by Crippen LogP contribution is 2.23. The Labute approximate surface area is 130 Å². The van der Waals surface area contributed by atoms with Gasteiger partial charge >= 0.3 is 0 Å². The van der Waals surface area contributed by atoms with Gasteiger partial charge in [-0.2, -0.15) is 0 Å². The van der Waals surface area contributed by atoms with E-state index in [0.717, 1.165) is 18.4 Å². The molecule has 1 aliphatic rings. The van der Waals surface area contributed by atoms with Crippen molar-refractivity contribution in [3.05, 3.63) is 42.2 Å². The Kier molecular flexibility index (Phi) is 4.88. The number of hydrogen-bond donors (Lipinski definition) is 1. The third kappa shape index (κ3) is 3.56. The number of carbonyl (C=O) groups excluding carboxylic acids is 1. The van der Waals surface area contributed by atoms with Crippen molar-refractivity contribution < 1.29 is 9.32 Å². The Hall–Kier alpha value is -2.10. The van der Waals surface area contributed by atoms with Gasteiger partial charge in [-0.25, -0.2) is 0 Å². The highest BCUT2D eigenvalue weighted by atomic mass is 16.5. The van der Waals surface area contributed by atoms with E-state index < -0.39 is 0 Å². The fraction of sp³-hybridized carbons (Fsp3) is 0.444. The van der Waals surface area contributed by atoms with Crippen LogP contribution in [0.5, 0.6) is 0 Å². The molecule has 1 amide bonds. The van der Waals surface area contributed by atoms with Crippen LogP contribution in [-0.4, -0.2) is 17.1 Å². The SMILES string of the molecule is O=C(NC1CCCCCCC1)c1conc1-c1ccccc1. The number of carbonyl (C=O) groups is 1. The molecule has 1 aromatic carbocycles. The summed E-state index contributed by atoms with van der Waals surface area (Å²) in [6.45, 7) is 0. The molecule has 1 heterocycles. The lowest BCUT2D eigenvalue weighted by Gasteiger charge is -2.20. The summed E-state index contributed by atoms with van der Waals surface area (Å²) in [6.07, 6.45) is 9.84. The molecule has 4 heteroatoms. The molecule has 1 aliphatic carbocycles. The molecule has 0 bridgehead atoms. The van der Waals surface area contributed by atoms with Gasteiger partial charge in [-0.05, 0) is 12.8 Å². The number of nitrogens with zero attached hydrogens (tertiary/aromatic N) is 1. The van der Waals surface area contributed by atoms with Gasteiger partial charge < -0.3 is 9.84 Å². The Morgan fingerprint density at radius 3 is 2.45 bits per heavy atom. The third-order valence-electron chi connectivity index (χ3n) is 4.30. The highest BCUT2D eigenvalue weighted by Gasteiger charge is 2.20. The molecule has 0 saturated heterocycles. The van der Waals surface area contributed by atoms with Gasteiger partial charge in [0.05, 0.1) is 0 Å². The molecule has 0 radical (unpaired) electrons. The molecule has 0 spiro atoms. The average molecular weight is 298 g/mol. The van der Waals surface area contributed by atoms with Gasteiger partial charge in [0.2, 0.25) is 0 Å². The van der Waals surface area contributed by atoms with E-state index in [4.69, 9.17) is 4.52 Å². The lowest BCUT2D eigenvalue weighted by atomic mass is 9.96. The fourth-order valence-electron chi connectivity index (χ4n) is 3.07. The van der Waals surface area contributed by atoms with Crippen LogP contribution in [0.3, 0.4) is 0 Å². The maximum Gasteiger partial charge on any atom is 0.257 e. The molecule has 4 nitrogen and oxygen atoms in total. The minimum absolute atomic E-state index is 0.0781. The molecule has 22 heavy (non-hydrogen) atoms. The van der Waals surface area contributed by atoms with Gasteiger partial charge in [0.15, 0.2) is 0 Å². The van der Waals surface area contributed by atoms with E-state index in [1.807, 2.05) is 30.3 Å². The second kappa shape index (κ2) is 7.25. The molecule has 116 valence electrons. The maximum absolute atomic E-state index is 12.6. The van der Waals surface area contributed by atoms with Crippen molar-refractivity contribution >= 4 is 5.91 Å². The molecule has 1 fully saturated rings. The van der Waals surface area contributed by atoms with Crippen molar-refractivity contribution in [3.8, 4) is 11.3 Å². The number of rotatable bonds is 3. The smallest absolute Gasteiger partial charge is 0.257 e. The summed E-state index contributed by atoms with van der Waals surface area (Å²) in [5.41, 5.74) is 2.04. The van der Waals surface area contributed by atoms with E-state index in [0.29, 0.717) is 11.3 Å². The second-order valence-corrected chi connectivity index (χ2v) is 5.96. The highest BCUT2D eigenvalue weighted by molar-refractivity contribution is 5.99. The molecule has 0 atom stereocenters. The largest absolute Gasteiger partial charge is 0.363 e. The number of hydrogen-bond acceptors (Lipinski definition) is 3. The predicted molar refractivity (Wildman–Crippen MR) is 85.5 cm³/mol. The zero-order valence-corrected chi connectivity index (χ0v) is 12.8. The van der Waals surface area contributed by atoms with Crippen LogP contribution >= 0.6 is 0 Å². The van der Waals surface area contributed by atoms with Crippen molar-refractivity contribution in [1.29, 1.82) is 0 Å². The summed E-state index contributed by atoms with van der Waals surface area (Å²) in [6, 6.07) is 9.94. The molecule has 1 N–H and O–H groups in total. The maximum atomic E-state index is 12.6. The minimum Gasteiger partial charge on any atom is -0.363 e. The first-order chi connectivity index (χ1) is 10.8. The number of nitrogens with one attached hydrogen (secondary N) is 1. The first kappa shape index (κ1) is 14.8. The van der Waals surface area contributed by atoms with E-state index in [1.165, 1.54) is 38.4 Å². The quantitative estimate of drug-likeness (QED) is 0.924. The number of aromatic nitrogens is 1. The zero-order valence-electron chi connectivity index (χ0n) is 12.8. The van der Waals surface area contributed by atoms with Crippen LogP contribution < -0.4 is 5.32 Å². The van der Waals surface area contributed by atoms with Crippen LogP contribution in [0.2, 0.25) is 0 Å². The predicted octanol–water partition coefficient (Wildman–Crippen LogP) is 4.18. The van der Waals surface area contributed by atoms with Crippen molar-refractivity contribution in [2.75, 3.05) is 0 Å². The number of benzene rings is 1. The fourth-order valence-corrected chi connectivity index (χ4v) is 3.07. The molecule has 2 aromatic rings. The summed E-state index contributed by atoms with van der Waals surface area (Å²) >= 11 is 0. The van der Waals surface area contributed by atoms with Gasteiger partial charge in [0.25, 0.3) is 5.91 Å². The third-order valence-corrected chi connectivity index (χ3v) is 4.30. The standard InChI is InChI=1S/C18H22N2O2/c21-18(19-15-11-7-2-1-3-8-12-15)16-13-22-20-17(16)14-9-5-4-6-10-14/h4-6,9-10,13,15H,1-3,7-8,11-12H2,(H,19,21). The van der Waals surface area contributed by atoms with Crippen LogP contribution in [0.15, 0.2) is 41.1 Å². The summed E-state index contributed by atoms with van der Waals surface area (Å²) in [7, 11) is 0. The monoisotopic (exact) mass is 298 g/mol. The van der Waals surface area contributed by atoms with E-state index in [1.54, 1.807) is 0 Å². The van der Waals surface area contributed by atoms with Crippen molar-refractivity contribution in [2.45, 2.75) is 51.0 Å². The first-order valence-corrected chi connectivity index (χ1v) is 8.15. The lowest BCUT2D eigenvalue weighted by Crippen LogP contribution is -2.35. The van der Waals surface area contributed by atoms with Crippen LogP contribution in [0.1, 0.15) is 55.3 Å². The molecule has 0 unspecified atom stereocenters. The zero-order chi connectivity index (χ0) is 15.2. The average Bonchev–Trinajstić information content (AvgIpc) is 3.00. The normalized spacial score (nSPS) is 16.7. The number of amides is 1. The van der Waals surface area contributed by atoms with Crippen LogP contribution in [-0.2, 0) is 0 Å². The molecule has 1 aromatic heterocycles. The van der Waals surface area contributed by atoms with Gasteiger partial charge in [-0.15, -0.1) is 0 Å². The Bertz CT molecular complexity index is 599. The van der Waals surface area contributed by atoms with Gasteiger partial charge in [-0.1, -0.05) is 67.6 Å². The lowest BCUT2D eigenvalue weighted by molar-refractivity contribution is 0.0930. The summed E-state index contributed by atoms with van der Waals surface area (Å²) in [5.74, 6) is -0.0781. The molecular formula is C18H22N2O2. The molecule has 0 aliphatic heterocycles. The summed E-state index contributed by atoms with van der Waals surface area (Å²) < 4.78 is 5.04. The second-order valence-electron chi connectivity index (χ2n) is 5.96. The van der Waals surface area contributed by atoms with E-state index in [2.05, 4.69) is 10.5 Å². The summed E-state index contributed by atoms with van der Waals surface area (Å²) in [5, 5.41) is 7.16. The van der Waals surface area contributed by atoms with Gasteiger partial charge in [-0.3, -0.25) is 4.79 Å². The Morgan fingerprint density at radius 1 is 1.05 bits per heavy atom. The first-order valence-electron chi connectivity index (χ1n) is 8.15. The topological polar surface area (TPSA) is 55.1 Å². The van der Waals surface area contributed by atoms with Crippen LogP contribution in [0.25, 0.3) is 11.3 Å². The molecule has 3 rings (SSSR count). The van der Waals surface area contributed by atoms with Gasteiger partial charge in [0, 0.05) is 11.6 Å². The van der Waals surface area contributed by atoms with E-state index >= 15 is 0 Å². The van der Waals surface area contributed by atoms with Crippen molar-refractivity contribution in [2.24, 2.45) is 0 Å². The molecule has 1 saturated carbocycles. The van der Waals surface area contributed by atoms with Crippen molar-refractivity contribution in [1.82, 2.24) is 10.5 Å². The van der Waals surface area contributed by atoms with Crippen LogP contribution in [0, 0.1) is 0 Å². The van der Waals surface area contributed by atoms with E-state index in [-0.39, 0.29) is 11.9 Å². The molecular weight excluding hydrogens is 276 g/mol. The Morgan fingerprint density at radius 2 is 1.73 bits per heavy atom.